The van der Waals surface area contributed by atoms with Gasteiger partial charge in [-0.1, -0.05) is 12.8 Å². The molecule has 1 N–H and O–H groups in total. The Morgan fingerprint density at radius 2 is 2.29 bits per heavy atom. The normalized spacial score (nSPS) is 9.71. The lowest BCUT2D eigenvalue weighted by atomic mass is 10.1. The van der Waals surface area contributed by atoms with E-state index in [0.717, 1.165) is 6.42 Å². The number of carboxylic acid groups (broad SMARTS) is 1. The predicted octanol–water partition coefficient (Wildman–Crippen LogP) is 2.37. The van der Waals surface area contributed by atoms with E-state index in [1.165, 1.54) is 12.1 Å². The molecule has 3 nitrogen and oxygen atoms in total. The molecule has 1 aromatic carbocycles. The number of hydrogen-bond acceptors (Lipinski definition) is 2. The Morgan fingerprint density at radius 1 is 1.59 bits per heavy atom. The molecular weight excluding hydrogens is 221 g/mol. The summed E-state index contributed by atoms with van der Waals surface area (Å²) in [5, 5.41) is 8.72. The molecule has 0 unspecified atom stereocenters. The molecule has 0 aliphatic carbocycles. The van der Waals surface area contributed by atoms with E-state index in [1.807, 2.05) is 11.8 Å². The molecule has 0 spiro atoms. The summed E-state index contributed by atoms with van der Waals surface area (Å²) < 4.78 is 13.5. The Bertz CT molecular complexity index is 451. The standard InChI is InChI=1S/C13H14FNO2/c1-3-7-15(8-4-2)10-5-6-11(13(16)17)12(14)9-10/h1,5-6,9H,4,7-8H2,2H3,(H,16,17). The Kier molecular flexibility index (Phi) is 4.53. The van der Waals surface area contributed by atoms with Gasteiger partial charge in [0.2, 0.25) is 0 Å². The van der Waals surface area contributed by atoms with Crippen LogP contribution in [0.3, 0.4) is 0 Å². The van der Waals surface area contributed by atoms with Crippen molar-refractivity contribution in [1.29, 1.82) is 0 Å². The lowest BCUT2D eigenvalue weighted by Crippen LogP contribution is -2.24. The van der Waals surface area contributed by atoms with Crippen LogP contribution in [0.15, 0.2) is 18.2 Å². The largest absolute Gasteiger partial charge is 0.478 e. The smallest absolute Gasteiger partial charge is 0.338 e. The van der Waals surface area contributed by atoms with E-state index in [1.54, 1.807) is 6.07 Å². The van der Waals surface area contributed by atoms with Gasteiger partial charge in [-0.2, -0.15) is 0 Å². The highest BCUT2D eigenvalue weighted by atomic mass is 19.1. The van der Waals surface area contributed by atoms with Crippen molar-refractivity contribution in [1.82, 2.24) is 0 Å². The lowest BCUT2D eigenvalue weighted by Gasteiger charge is -2.21. The first-order valence-corrected chi connectivity index (χ1v) is 5.31. The molecule has 0 heterocycles. The van der Waals surface area contributed by atoms with Crippen LogP contribution >= 0.6 is 0 Å². The molecular formula is C13H14FNO2. The summed E-state index contributed by atoms with van der Waals surface area (Å²) in [6.07, 6.45) is 6.11. The average Bonchev–Trinajstić information content (AvgIpc) is 2.28. The Labute approximate surface area is 99.9 Å². The van der Waals surface area contributed by atoms with E-state index in [-0.39, 0.29) is 5.56 Å². The summed E-state index contributed by atoms with van der Waals surface area (Å²) in [6, 6.07) is 4.03. The quantitative estimate of drug-likeness (QED) is 0.796. The van der Waals surface area contributed by atoms with Gasteiger partial charge in [0.15, 0.2) is 0 Å². The Balaban J connectivity index is 3.02. The topological polar surface area (TPSA) is 40.5 Å². The molecule has 90 valence electrons. The average molecular weight is 235 g/mol. The minimum absolute atomic E-state index is 0.328. The molecule has 0 bridgehead atoms. The van der Waals surface area contributed by atoms with Crippen LogP contribution in [0.2, 0.25) is 0 Å². The van der Waals surface area contributed by atoms with Gasteiger partial charge < -0.3 is 10.0 Å². The second-order valence-electron chi connectivity index (χ2n) is 3.59. The molecule has 0 saturated heterocycles. The van der Waals surface area contributed by atoms with Gasteiger partial charge in [0, 0.05) is 12.2 Å². The van der Waals surface area contributed by atoms with Crippen molar-refractivity contribution in [3.63, 3.8) is 0 Å². The first-order chi connectivity index (χ1) is 8.10. The molecule has 0 atom stereocenters. The van der Waals surface area contributed by atoms with E-state index in [2.05, 4.69) is 5.92 Å². The molecule has 0 radical (unpaired) electrons. The SMILES string of the molecule is C#CCN(CCC)c1ccc(C(=O)O)c(F)c1. The molecule has 1 rings (SSSR count). The molecule has 0 fully saturated rings. The van der Waals surface area contributed by atoms with Crippen LogP contribution in [0.4, 0.5) is 10.1 Å². The van der Waals surface area contributed by atoms with Crippen LogP contribution in [0.1, 0.15) is 23.7 Å². The third-order valence-electron chi connectivity index (χ3n) is 2.32. The maximum absolute atomic E-state index is 13.5. The molecule has 17 heavy (non-hydrogen) atoms. The van der Waals surface area contributed by atoms with Crippen LogP contribution in [0.25, 0.3) is 0 Å². The van der Waals surface area contributed by atoms with Crippen molar-refractivity contribution >= 4 is 11.7 Å². The highest BCUT2D eigenvalue weighted by Gasteiger charge is 2.12. The first kappa shape index (κ1) is 13.0. The zero-order valence-corrected chi connectivity index (χ0v) is 9.61. The molecule has 0 aliphatic rings. The van der Waals surface area contributed by atoms with Crippen LogP contribution < -0.4 is 4.90 Å². The minimum Gasteiger partial charge on any atom is -0.478 e. The van der Waals surface area contributed by atoms with Gasteiger partial charge in [-0.25, -0.2) is 9.18 Å². The first-order valence-electron chi connectivity index (χ1n) is 5.31. The predicted molar refractivity (Wildman–Crippen MR) is 64.7 cm³/mol. The van der Waals surface area contributed by atoms with Gasteiger partial charge in [0.05, 0.1) is 12.1 Å². The van der Waals surface area contributed by atoms with Gasteiger partial charge in [-0.15, -0.1) is 6.42 Å². The van der Waals surface area contributed by atoms with Crippen LogP contribution in [-0.2, 0) is 0 Å². The van der Waals surface area contributed by atoms with Crippen LogP contribution in [0.5, 0.6) is 0 Å². The molecule has 0 aromatic heterocycles. The van der Waals surface area contributed by atoms with Crippen molar-refractivity contribution < 1.29 is 14.3 Å². The number of carboxylic acids is 1. The maximum Gasteiger partial charge on any atom is 0.338 e. The summed E-state index contributed by atoms with van der Waals surface area (Å²) >= 11 is 0. The third kappa shape index (κ3) is 3.22. The number of rotatable bonds is 5. The van der Waals surface area contributed by atoms with Crippen LogP contribution in [-0.4, -0.2) is 24.2 Å². The van der Waals surface area contributed by atoms with Crippen molar-refractivity contribution in [2.75, 3.05) is 18.0 Å². The summed E-state index contributed by atoms with van der Waals surface area (Å²) in [5.74, 6) is 0.482. The van der Waals surface area contributed by atoms with Gasteiger partial charge in [0.25, 0.3) is 0 Å². The highest BCUT2D eigenvalue weighted by Crippen LogP contribution is 2.19. The van der Waals surface area contributed by atoms with E-state index < -0.39 is 11.8 Å². The minimum atomic E-state index is -1.27. The van der Waals surface area contributed by atoms with Crippen molar-refractivity contribution in [2.45, 2.75) is 13.3 Å². The fraction of sp³-hybridized carbons (Fsp3) is 0.308. The van der Waals surface area contributed by atoms with Crippen LogP contribution in [0, 0.1) is 18.2 Å². The monoisotopic (exact) mass is 235 g/mol. The van der Waals surface area contributed by atoms with Crippen molar-refractivity contribution in [2.24, 2.45) is 0 Å². The second-order valence-corrected chi connectivity index (χ2v) is 3.59. The van der Waals surface area contributed by atoms with Gasteiger partial charge in [0.1, 0.15) is 5.82 Å². The van der Waals surface area contributed by atoms with E-state index >= 15 is 0 Å². The zero-order chi connectivity index (χ0) is 12.8. The van der Waals surface area contributed by atoms with E-state index in [4.69, 9.17) is 11.5 Å². The molecule has 0 aliphatic heterocycles. The van der Waals surface area contributed by atoms with Gasteiger partial charge in [-0.3, -0.25) is 0 Å². The van der Waals surface area contributed by atoms with Crippen molar-refractivity contribution in [3.05, 3.63) is 29.6 Å². The number of terminal acetylenes is 1. The zero-order valence-electron chi connectivity index (χ0n) is 9.61. The lowest BCUT2D eigenvalue weighted by molar-refractivity contribution is 0.0692. The maximum atomic E-state index is 13.5. The van der Waals surface area contributed by atoms with Crippen molar-refractivity contribution in [3.8, 4) is 12.3 Å². The number of halogens is 1. The molecule has 4 heteroatoms. The number of carbonyl (C=O) groups is 1. The number of benzene rings is 1. The third-order valence-corrected chi connectivity index (χ3v) is 2.32. The summed E-state index contributed by atoms with van der Waals surface area (Å²) in [7, 11) is 0. The number of hydrogen-bond donors (Lipinski definition) is 1. The number of nitrogens with zero attached hydrogens (tertiary/aromatic N) is 1. The summed E-state index contributed by atoms with van der Waals surface area (Å²) in [5.41, 5.74) is 0.276. The van der Waals surface area contributed by atoms with E-state index in [0.29, 0.717) is 18.8 Å². The van der Waals surface area contributed by atoms with Gasteiger partial charge in [-0.05, 0) is 24.6 Å². The second kappa shape index (κ2) is 5.90. The van der Waals surface area contributed by atoms with Gasteiger partial charge >= 0.3 is 5.97 Å². The molecule has 0 amide bonds. The summed E-state index contributed by atoms with van der Waals surface area (Å²) in [4.78, 5) is 12.5. The highest BCUT2D eigenvalue weighted by molar-refractivity contribution is 5.88. The fourth-order valence-corrected chi connectivity index (χ4v) is 1.55. The Hall–Kier alpha value is -2.02. The number of anilines is 1. The molecule has 0 saturated carbocycles. The molecule has 1 aromatic rings. The summed E-state index contributed by atoms with van der Waals surface area (Å²) in [6.45, 7) is 3.07. The van der Waals surface area contributed by atoms with E-state index in [9.17, 15) is 9.18 Å². The number of aromatic carboxylic acids is 1. The fourth-order valence-electron chi connectivity index (χ4n) is 1.55. The Morgan fingerprint density at radius 3 is 2.76 bits per heavy atom.